The summed E-state index contributed by atoms with van der Waals surface area (Å²) in [5, 5.41) is 21.5. The Morgan fingerprint density at radius 3 is 2.39 bits per heavy atom. The van der Waals surface area contributed by atoms with E-state index in [1.807, 2.05) is 6.07 Å². The molecule has 2 rings (SSSR count). The number of carbonyl (C=O) groups excluding carboxylic acids is 1. The molecule has 0 atom stereocenters. The number of carboxylic acid groups (broad SMARTS) is 1. The zero-order valence-electron chi connectivity index (χ0n) is 11.5. The van der Waals surface area contributed by atoms with E-state index in [2.05, 4.69) is 37.2 Å². The number of carboxylic acids is 1. The molecule has 0 saturated carbocycles. The Kier molecular flexibility index (Phi) is 5.62. The molecule has 3 N–H and O–H groups in total. The van der Waals surface area contributed by atoms with Gasteiger partial charge < -0.3 is 14.9 Å². The molecule has 0 saturated heterocycles. The van der Waals surface area contributed by atoms with Crippen molar-refractivity contribution in [3.8, 4) is 5.75 Å². The van der Waals surface area contributed by atoms with Crippen molar-refractivity contribution in [2.24, 2.45) is 0 Å². The second-order valence-corrected chi connectivity index (χ2v) is 6.14. The van der Waals surface area contributed by atoms with Gasteiger partial charge in [-0.05, 0) is 43.5 Å². The monoisotopic (exact) mass is 443 g/mol. The summed E-state index contributed by atoms with van der Waals surface area (Å²) in [5.74, 6) is -1.71. The third-order valence-corrected chi connectivity index (χ3v) is 4.09. The predicted octanol–water partition coefficient (Wildman–Crippen LogP) is 4.36. The first-order valence-corrected chi connectivity index (χ1v) is 7.90. The van der Waals surface area contributed by atoms with Gasteiger partial charge >= 0.3 is 12.1 Å². The van der Waals surface area contributed by atoms with Crippen molar-refractivity contribution >= 4 is 49.6 Å². The fourth-order valence-corrected chi connectivity index (χ4v) is 3.13. The summed E-state index contributed by atoms with van der Waals surface area (Å²) < 4.78 is 5.45. The van der Waals surface area contributed by atoms with Gasteiger partial charge in [0.1, 0.15) is 17.9 Å². The van der Waals surface area contributed by atoms with Crippen molar-refractivity contribution in [1.82, 2.24) is 0 Å². The molecule has 0 fully saturated rings. The van der Waals surface area contributed by atoms with Crippen LogP contribution in [-0.4, -0.2) is 22.3 Å². The van der Waals surface area contributed by atoms with E-state index < -0.39 is 17.8 Å². The minimum atomic E-state index is -1.31. The molecule has 1 amide bonds. The Bertz CT molecular complexity index is 749. The molecule has 0 bridgehead atoms. The zero-order chi connectivity index (χ0) is 17.0. The Hall–Kier alpha value is -2.06. The van der Waals surface area contributed by atoms with E-state index in [1.165, 1.54) is 6.07 Å². The molecular weight excluding hydrogens is 434 g/mol. The first kappa shape index (κ1) is 17.3. The highest BCUT2D eigenvalue weighted by Crippen LogP contribution is 2.39. The molecule has 0 aliphatic heterocycles. The molecule has 0 heterocycles. The van der Waals surface area contributed by atoms with E-state index >= 15 is 0 Å². The van der Waals surface area contributed by atoms with Crippen LogP contribution in [0.2, 0.25) is 0 Å². The van der Waals surface area contributed by atoms with E-state index in [-0.39, 0.29) is 26.8 Å². The highest BCUT2D eigenvalue weighted by atomic mass is 79.9. The molecule has 0 aliphatic rings. The van der Waals surface area contributed by atoms with E-state index in [0.717, 1.165) is 5.56 Å². The van der Waals surface area contributed by atoms with Crippen LogP contribution < -0.4 is 5.32 Å². The van der Waals surface area contributed by atoms with Crippen LogP contribution in [0.3, 0.4) is 0 Å². The Balaban J connectivity index is 2.19. The average molecular weight is 445 g/mol. The van der Waals surface area contributed by atoms with Crippen LogP contribution in [0, 0.1) is 0 Å². The van der Waals surface area contributed by atoms with Crippen molar-refractivity contribution in [3.63, 3.8) is 0 Å². The number of phenolic OH excluding ortho intramolecular Hbond substituents is 1. The lowest BCUT2D eigenvalue weighted by Crippen LogP contribution is -2.16. The number of hydrogen-bond acceptors (Lipinski definition) is 4. The van der Waals surface area contributed by atoms with Crippen molar-refractivity contribution in [1.29, 1.82) is 0 Å². The van der Waals surface area contributed by atoms with Crippen LogP contribution in [0.5, 0.6) is 5.75 Å². The van der Waals surface area contributed by atoms with E-state index in [0.29, 0.717) is 0 Å². The van der Waals surface area contributed by atoms with Crippen molar-refractivity contribution in [3.05, 3.63) is 56.5 Å². The Labute approximate surface area is 148 Å². The van der Waals surface area contributed by atoms with Crippen molar-refractivity contribution in [2.45, 2.75) is 6.61 Å². The van der Waals surface area contributed by atoms with Crippen LogP contribution in [0.15, 0.2) is 45.3 Å². The number of benzene rings is 2. The number of ether oxygens (including phenoxy) is 1. The van der Waals surface area contributed by atoms with Gasteiger partial charge in [0.25, 0.3) is 0 Å². The molecule has 0 radical (unpaired) electrons. The molecule has 0 aliphatic carbocycles. The molecule has 0 aromatic heterocycles. The van der Waals surface area contributed by atoms with Crippen LogP contribution in [-0.2, 0) is 11.3 Å². The second-order valence-electron chi connectivity index (χ2n) is 4.43. The number of halogens is 2. The lowest BCUT2D eigenvalue weighted by atomic mass is 10.1. The maximum Gasteiger partial charge on any atom is 0.412 e. The smallest absolute Gasteiger partial charge is 0.412 e. The number of nitrogens with one attached hydrogen (secondary N) is 1. The van der Waals surface area contributed by atoms with Crippen LogP contribution in [0.4, 0.5) is 10.5 Å². The van der Waals surface area contributed by atoms with Gasteiger partial charge in [0, 0.05) is 4.47 Å². The van der Waals surface area contributed by atoms with E-state index in [1.54, 1.807) is 24.3 Å². The number of amides is 1. The number of hydrogen-bond donors (Lipinski definition) is 3. The van der Waals surface area contributed by atoms with Gasteiger partial charge in [-0.2, -0.15) is 0 Å². The molecule has 23 heavy (non-hydrogen) atoms. The Morgan fingerprint density at radius 1 is 1.13 bits per heavy atom. The van der Waals surface area contributed by atoms with E-state index in [4.69, 9.17) is 4.74 Å². The second kappa shape index (κ2) is 7.47. The molecular formula is C15H11Br2NO5. The van der Waals surface area contributed by atoms with Crippen molar-refractivity contribution in [2.75, 3.05) is 5.32 Å². The maximum absolute atomic E-state index is 11.9. The molecule has 120 valence electrons. The third-order valence-electron chi connectivity index (χ3n) is 2.86. The van der Waals surface area contributed by atoms with Crippen LogP contribution in [0.1, 0.15) is 15.9 Å². The third kappa shape index (κ3) is 4.23. The van der Waals surface area contributed by atoms with Gasteiger partial charge in [-0.25, -0.2) is 9.59 Å². The van der Waals surface area contributed by atoms with Gasteiger partial charge in [0.15, 0.2) is 5.75 Å². The number of rotatable bonds is 4. The highest BCUT2D eigenvalue weighted by Gasteiger charge is 2.22. The number of anilines is 1. The van der Waals surface area contributed by atoms with Gasteiger partial charge in [0.2, 0.25) is 0 Å². The Morgan fingerprint density at radius 2 is 1.78 bits per heavy atom. The summed E-state index contributed by atoms with van der Waals surface area (Å²) in [4.78, 5) is 23.2. The summed E-state index contributed by atoms with van der Waals surface area (Å²) >= 11 is 6.17. The normalized spacial score (nSPS) is 10.2. The first-order chi connectivity index (χ1) is 10.9. The summed E-state index contributed by atoms with van der Waals surface area (Å²) in [6.07, 6.45) is -0.878. The number of aromatic hydroxyl groups is 1. The lowest BCUT2D eigenvalue weighted by Gasteiger charge is -2.13. The minimum absolute atomic E-state index is 0.0189. The lowest BCUT2D eigenvalue weighted by molar-refractivity contribution is 0.0696. The molecule has 0 spiro atoms. The number of aromatic carboxylic acids is 1. The predicted molar refractivity (Wildman–Crippen MR) is 90.7 cm³/mol. The van der Waals surface area contributed by atoms with E-state index in [9.17, 15) is 19.8 Å². The fourth-order valence-electron chi connectivity index (χ4n) is 1.80. The SMILES string of the molecule is O=C(Nc1c(O)c(Br)cc(Br)c1C(=O)O)OCc1ccccc1. The number of phenols is 1. The molecule has 6 nitrogen and oxygen atoms in total. The van der Waals surface area contributed by atoms with Crippen LogP contribution in [0.25, 0.3) is 0 Å². The molecule has 8 heteroatoms. The van der Waals surface area contributed by atoms with Gasteiger partial charge in [0.05, 0.1) is 4.47 Å². The summed E-state index contributed by atoms with van der Waals surface area (Å²) in [5.41, 5.74) is 0.250. The van der Waals surface area contributed by atoms with Crippen LogP contribution >= 0.6 is 31.9 Å². The molecule has 2 aromatic carbocycles. The largest absolute Gasteiger partial charge is 0.505 e. The van der Waals surface area contributed by atoms with Gasteiger partial charge in [-0.15, -0.1) is 0 Å². The summed E-state index contributed by atoms with van der Waals surface area (Å²) in [6, 6.07) is 10.4. The van der Waals surface area contributed by atoms with Gasteiger partial charge in [-0.1, -0.05) is 30.3 Å². The highest BCUT2D eigenvalue weighted by molar-refractivity contribution is 9.11. The quantitative estimate of drug-likeness (QED) is 0.608. The standard InChI is InChI=1S/C15H11Br2NO5/c16-9-6-10(17)13(19)12(11(9)14(20)21)18-15(22)23-7-8-4-2-1-3-5-8/h1-6,19H,7H2,(H,18,22)(H,20,21). The molecule has 2 aromatic rings. The first-order valence-electron chi connectivity index (χ1n) is 6.32. The zero-order valence-corrected chi connectivity index (χ0v) is 14.7. The summed E-state index contributed by atoms with van der Waals surface area (Å²) in [7, 11) is 0. The minimum Gasteiger partial charge on any atom is -0.505 e. The van der Waals surface area contributed by atoms with Crippen molar-refractivity contribution < 1.29 is 24.5 Å². The average Bonchev–Trinajstić information content (AvgIpc) is 2.51. The number of carbonyl (C=O) groups is 2. The fraction of sp³-hybridized carbons (Fsp3) is 0.0667. The maximum atomic E-state index is 11.9. The topological polar surface area (TPSA) is 95.9 Å². The summed E-state index contributed by atoms with van der Waals surface area (Å²) in [6.45, 7) is 0.0189. The van der Waals surface area contributed by atoms with Gasteiger partial charge in [-0.3, -0.25) is 5.32 Å². The molecule has 0 unspecified atom stereocenters.